The van der Waals surface area contributed by atoms with Crippen molar-refractivity contribution in [3.63, 3.8) is 0 Å². The normalized spacial score (nSPS) is 10.6. The van der Waals surface area contributed by atoms with Gasteiger partial charge in [0.05, 0.1) is 27.3 Å². The third-order valence-electron chi connectivity index (χ3n) is 3.89. The number of hydrogen-bond donors (Lipinski definition) is 1. The first-order valence-corrected chi connectivity index (χ1v) is 10.2. The van der Waals surface area contributed by atoms with Crippen LogP contribution in [-0.4, -0.2) is 29.5 Å². The van der Waals surface area contributed by atoms with Crippen LogP contribution in [0.25, 0.3) is 10.4 Å². The summed E-state index contributed by atoms with van der Waals surface area (Å²) in [6.45, 7) is 0.479. The van der Waals surface area contributed by atoms with Crippen LogP contribution in [0.1, 0.15) is 22.5 Å². The van der Waals surface area contributed by atoms with E-state index in [1.807, 2.05) is 18.2 Å². The molecule has 0 spiro atoms. The minimum absolute atomic E-state index is 0.213. The molecule has 0 aliphatic carbocycles. The second kappa shape index (κ2) is 9.23. The van der Waals surface area contributed by atoms with Gasteiger partial charge in [0, 0.05) is 12.7 Å². The average molecular weight is 497 g/mol. The standard InChI is InChI=1S/C19H17FIN3O2S/c1-26-16-5-4-13(8-15(16)21)18-17(24-11-27-18)19(25)23-6-2-3-12-7-14(20)10-22-9-12/h4-5,7-11H,2-3,6H2,1H3,(H,23,25). The lowest BCUT2D eigenvalue weighted by Gasteiger charge is -2.08. The molecule has 0 aliphatic rings. The summed E-state index contributed by atoms with van der Waals surface area (Å²) in [7, 11) is 1.63. The first-order valence-electron chi connectivity index (χ1n) is 8.23. The molecule has 0 fully saturated rings. The zero-order chi connectivity index (χ0) is 19.2. The number of methoxy groups -OCH3 is 1. The van der Waals surface area contributed by atoms with Crippen LogP contribution < -0.4 is 10.1 Å². The van der Waals surface area contributed by atoms with Crippen LogP contribution in [0.2, 0.25) is 0 Å². The van der Waals surface area contributed by atoms with E-state index >= 15 is 0 Å². The fourth-order valence-electron chi connectivity index (χ4n) is 2.59. The van der Waals surface area contributed by atoms with Crippen molar-refractivity contribution in [1.29, 1.82) is 0 Å². The van der Waals surface area contributed by atoms with Crippen molar-refractivity contribution >= 4 is 39.8 Å². The molecule has 27 heavy (non-hydrogen) atoms. The zero-order valence-electron chi connectivity index (χ0n) is 14.5. The molecule has 0 saturated heterocycles. The molecular weight excluding hydrogens is 480 g/mol. The Morgan fingerprint density at radius 2 is 2.19 bits per heavy atom. The number of halogens is 2. The third-order valence-corrected chi connectivity index (χ3v) is 5.60. The Morgan fingerprint density at radius 3 is 2.93 bits per heavy atom. The molecule has 2 aromatic heterocycles. The predicted octanol–water partition coefficient (Wildman–Crippen LogP) is 4.32. The third kappa shape index (κ3) is 5.01. The van der Waals surface area contributed by atoms with Gasteiger partial charge in [0.25, 0.3) is 5.91 Å². The van der Waals surface area contributed by atoms with Crippen molar-refractivity contribution in [3.8, 4) is 16.2 Å². The number of nitrogens with one attached hydrogen (secondary N) is 1. The number of nitrogens with zero attached hydrogens (tertiary/aromatic N) is 2. The summed E-state index contributed by atoms with van der Waals surface area (Å²) in [6.07, 6.45) is 4.15. The topological polar surface area (TPSA) is 64.1 Å². The highest BCUT2D eigenvalue weighted by Crippen LogP contribution is 2.32. The minimum Gasteiger partial charge on any atom is -0.496 e. The number of ether oxygens (including phenoxy) is 1. The lowest BCUT2D eigenvalue weighted by Crippen LogP contribution is -2.25. The lowest BCUT2D eigenvalue weighted by atomic mass is 10.1. The van der Waals surface area contributed by atoms with E-state index in [9.17, 15) is 9.18 Å². The van der Waals surface area contributed by atoms with Crippen LogP contribution in [0.15, 0.2) is 42.2 Å². The molecule has 1 aromatic carbocycles. The number of amides is 1. The highest BCUT2D eigenvalue weighted by atomic mass is 127. The van der Waals surface area contributed by atoms with Crippen LogP contribution in [0, 0.1) is 9.39 Å². The van der Waals surface area contributed by atoms with Gasteiger partial charge in [0.1, 0.15) is 17.3 Å². The Morgan fingerprint density at radius 1 is 1.33 bits per heavy atom. The average Bonchev–Trinajstić information content (AvgIpc) is 3.15. The van der Waals surface area contributed by atoms with Gasteiger partial charge in [-0.25, -0.2) is 9.37 Å². The number of aryl methyl sites for hydroxylation is 1. The predicted molar refractivity (Wildman–Crippen MR) is 112 cm³/mol. The number of pyridine rings is 1. The van der Waals surface area contributed by atoms with Crippen LogP contribution in [0.3, 0.4) is 0 Å². The molecule has 3 rings (SSSR count). The quantitative estimate of drug-likeness (QED) is 0.390. The number of thiazole rings is 1. The van der Waals surface area contributed by atoms with Crippen LogP contribution in [0.4, 0.5) is 4.39 Å². The van der Waals surface area contributed by atoms with Crippen molar-refractivity contribution in [3.05, 3.63) is 62.8 Å². The van der Waals surface area contributed by atoms with E-state index < -0.39 is 0 Å². The van der Waals surface area contributed by atoms with Gasteiger partial charge in [0.15, 0.2) is 0 Å². The maximum Gasteiger partial charge on any atom is 0.271 e. The van der Waals surface area contributed by atoms with Crippen molar-refractivity contribution in [2.24, 2.45) is 0 Å². The van der Waals surface area contributed by atoms with Crippen molar-refractivity contribution in [1.82, 2.24) is 15.3 Å². The summed E-state index contributed by atoms with van der Waals surface area (Å²) in [5.41, 5.74) is 3.82. The Kier molecular flexibility index (Phi) is 6.73. The van der Waals surface area contributed by atoms with E-state index in [1.165, 1.54) is 23.6 Å². The van der Waals surface area contributed by atoms with E-state index in [0.29, 0.717) is 25.1 Å². The number of carbonyl (C=O) groups excluding carboxylic acids is 1. The Bertz CT molecular complexity index is 948. The molecule has 5 nitrogen and oxygen atoms in total. The van der Waals surface area contributed by atoms with Gasteiger partial charge in [0.2, 0.25) is 0 Å². The summed E-state index contributed by atoms with van der Waals surface area (Å²) >= 11 is 3.63. The van der Waals surface area contributed by atoms with Gasteiger partial charge in [-0.15, -0.1) is 11.3 Å². The minimum atomic E-state index is -0.349. The van der Waals surface area contributed by atoms with Crippen LogP contribution >= 0.6 is 33.9 Å². The van der Waals surface area contributed by atoms with Gasteiger partial charge in [-0.3, -0.25) is 9.78 Å². The summed E-state index contributed by atoms with van der Waals surface area (Å²) in [5.74, 6) is 0.230. The molecule has 0 aliphatic heterocycles. The van der Waals surface area contributed by atoms with Crippen LogP contribution in [-0.2, 0) is 6.42 Å². The van der Waals surface area contributed by atoms with Crippen LogP contribution in [0.5, 0.6) is 5.75 Å². The van der Waals surface area contributed by atoms with Crippen molar-refractivity contribution in [2.75, 3.05) is 13.7 Å². The number of hydrogen-bond acceptors (Lipinski definition) is 5. The maximum atomic E-state index is 13.1. The lowest BCUT2D eigenvalue weighted by molar-refractivity contribution is 0.0949. The Balaban J connectivity index is 1.61. The second-order valence-electron chi connectivity index (χ2n) is 5.75. The summed E-state index contributed by atoms with van der Waals surface area (Å²) in [5, 5.41) is 2.88. The highest BCUT2D eigenvalue weighted by Gasteiger charge is 2.17. The molecule has 2 heterocycles. The van der Waals surface area contributed by atoms with Gasteiger partial charge < -0.3 is 10.1 Å². The maximum absolute atomic E-state index is 13.1. The van der Waals surface area contributed by atoms with E-state index in [4.69, 9.17) is 4.74 Å². The summed E-state index contributed by atoms with van der Waals surface area (Å²) in [6, 6.07) is 7.23. The monoisotopic (exact) mass is 497 g/mol. The Hall–Kier alpha value is -2.07. The number of aromatic nitrogens is 2. The van der Waals surface area contributed by atoms with Crippen molar-refractivity contribution < 1.29 is 13.9 Å². The summed E-state index contributed by atoms with van der Waals surface area (Å²) < 4.78 is 19.4. The van der Waals surface area contributed by atoms with E-state index in [1.54, 1.807) is 18.8 Å². The van der Waals surface area contributed by atoms with Gasteiger partial charge in [-0.05, 0) is 70.8 Å². The first-order chi connectivity index (χ1) is 13.1. The zero-order valence-corrected chi connectivity index (χ0v) is 17.5. The molecular formula is C19H17FIN3O2S. The van der Waals surface area contributed by atoms with Crippen molar-refractivity contribution in [2.45, 2.75) is 12.8 Å². The van der Waals surface area contributed by atoms with E-state index in [2.05, 4.69) is 37.9 Å². The Labute approximate surface area is 174 Å². The number of carbonyl (C=O) groups is 1. The number of rotatable bonds is 7. The molecule has 0 atom stereocenters. The molecule has 140 valence electrons. The molecule has 0 saturated carbocycles. The molecule has 0 unspecified atom stereocenters. The first kappa shape index (κ1) is 19.7. The summed E-state index contributed by atoms with van der Waals surface area (Å²) in [4.78, 5) is 21.4. The number of benzene rings is 1. The molecule has 1 amide bonds. The molecule has 1 N–H and O–H groups in total. The fourth-order valence-corrected chi connectivity index (χ4v) is 4.11. The SMILES string of the molecule is COc1ccc(-c2scnc2C(=O)NCCCc2cncc(F)c2)cc1I. The molecule has 8 heteroatoms. The van der Waals surface area contributed by atoms with E-state index in [-0.39, 0.29) is 11.7 Å². The van der Waals surface area contributed by atoms with E-state index in [0.717, 1.165) is 25.3 Å². The van der Waals surface area contributed by atoms with Gasteiger partial charge >= 0.3 is 0 Å². The highest BCUT2D eigenvalue weighted by molar-refractivity contribution is 14.1. The molecule has 0 bridgehead atoms. The molecule has 3 aromatic rings. The fraction of sp³-hybridized carbons (Fsp3) is 0.211. The smallest absolute Gasteiger partial charge is 0.271 e. The molecule has 0 radical (unpaired) electrons. The van der Waals surface area contributed by atoms with Gasteiger partial charge in [-0.2, -0.15) is 0 Å². The second-order valence-corrected chi connectivity index (χ2v) is 7.77. The van der Waals surface area contributed by atoms with Gasteiger partial charge in [-0.1, -0.05) is 0 Å². The largest absolute Gasteiger partial charge is 0.496 e.